The zero-order chi connectivity index (χ0) is 18.9. The standard InChI is InChI=1S/C23H25N3OS/c1-25-21-7-3-2-6-18(21)19-15-26(12-10-22(19)25)11-4-5-13-27-17-8-9-23-20(14-17)24-16-28-23/h2-3,6-9,14,16H,4-5,10-13,15H2,1H3. The van der Waals surface area contributed by atoms with Crippen molar-refractivity contribution in [2.75, 3.05) is 19.7 Å². The van der Waals surface area contributed by atoms with Gasteiger partial charge in [-0.1, -0.05) is 18.2 Å². The SMILES string of the molecule is Cn1c2c(c3ccccc31)CN(CCCCOc1ccc3scnc3c1)CC2. The van der Waals surface area contributed by atoms with Gasteiger partial charge in [-0.05, 0) is 43.1 Å². The number of aromatic nitrogens is 2. The lowest BCUT2D eigenvalue weighted by atomic mass is 10.0. The number of fused-ring (bicyclic) bond motifs is 4. The van der Waals surface area contributed by atoms with Crippen LogP contribution in [-0.2, 0) is 20.0 Å². The minimum absolute atomic E-state index is 0.767. The van der Waals surface area contributed by atoms with E-state index in [1.54, 1.807) is 11.3 Å². The van der Waals surface area contributed by atoms with Gasteiger partial charge in [-0.25, -0.2) is 4.98 Å². The van der Waals surface area contributed by atoms with Crippen molar-refractivity contribution < 1.29 is 4.74 Å². The van der Waals surface area contributed by atoms with Gasteiger partial charge in [0.1, 0.15) is 5.75 Å². The van der Waals surface area contributed by atoms with Crippen molar-refractivity contribution in [3.05, 3.63) is 59.2 Å². The lowest BCUT2D eigenvalue weighted by Crippen LogP contribution is -2.31. The van der Waals surface area contributed by atoms with Gasteiger partial charge in [0.25, 0.3) is 0 Å². The van der Waals surface area contributed by atoms with Gasteiger partial charge in [0.05, 0.1) is 22.3 Å². The van der Waals surface area contributed by atoms with Crippen molar-refractivity contribution in [3.8, 4) is 5.75 Å². The third-order valence-corrected chi connectivity index (χ3v) is 6.64. The molecule has 5 heteroatoms. The first-order chi connectivity index (χ1) is 13.8. The van der Waals surface area contributed by atoms with E-state index in [2.05, 4.69) is 51.8 Å². The van der Waals surface area contributed by atoms with Crippen molar-refractivity contribution >= 4 is 32.5 Å². The van der Waals surface area contributed by atoms with E-state index in [0.717, 1.165) is 50.3 Å². The van der Waals surface area contributed by atoms with Crippen molar-refractivity contribution in [1.29, 1.82) is 0 Å². The molecule has 0 spiro atoms. The Balaban J connectivity index is 1.13. The number of hydrogen-bond donors (Lipinski definition) is 0. The second-order valence-corrected chi connectivity index (χ2v) is 8.45. The largest absolute Gasteiger partial charge is 0.494 e. The second kappa shape index (κ2) is 7.57. The molecule has 0 atom stereocenters. The van der Waals surface area contributed by atoms with Gasteiger partial charge in [-0.3, -0.25) is 4.90 Å². The van der Waals surface area contributed by atoms with Gasteiger partial charge in [-0.15, -0.1) is 11.3 Å². The summed E-state index contributed by atoms with van der Waals surface area (Å²) in [6.07, 6.45) is 3.39. The molecule has 0 aliphatic carbocycles. The van der Waals surface area contributed by atoms with E-state index in [0.29, 0.717) is 0 Å². The quantitative estimate of drug-likeness (QED) is 0.433. The molecule has 3 heterocycles. The van der Waals surface area contributed by atoms with Crippen LogP contribution in [0.5, 0.6) is 5.75 Å². The number of thiazole rings is 1. The van der Waals surface area contributed by atoms with Crippen molar-refractivity contribution in [3.63, 3.8) is 0 Å². The number of nitrogens with zero attached hydrogens (tertiary/aromatic N) is 3. The summed E-state index contributed by atoms with van der Waals surface area (Å²) in [5.41, 5.74) is 7.31. The van der Waals surface area contributed by atoms with Crippen LogP contribution in [0.25, 0.3) is 21.1 Å². The minimum Gasteiger partial charge on any atom is -0.494 e. The first kappa shape index (κ1) is 17.7. The van der Waals surface area contributed by atoms with Gasteiger partial charge in [0.15, 0.2) is 0 Å². The first-order valence-electron chi connectivity index (χ1n) is 10.0. The Kier molecular flexibility index (Phi) is 4.79. The highest BCUT2D eigenvalue weighted by molar-refractivity contribution is 7.16. The molecule has 1 aliphatic heterocycles. The number of aryl methyl sites for hydroxylation is 1. The summed E-state index contributed by atoms with van der Waals surface area (Å²) >= 11 is 1.67. The molecule has 0 unspecified atom stereocenters. The molecule has 0 amide bonds. The summed E-state index contributed by atoms with van der Waals surface area (Å²) in [5, 5.41) is 1.42. The number of hydrogen-bond acceptors (Lipinski definition) is 4. The van der Waals surface area contributed by atoms with Crippen molar-refractivity contribution in [1.82, 2.24) is 14.5 Å². The Labute approximate surface area is 169 Å². The maximum atomic E-state index is 5.93. The summed E-state index contributed by atoms with van der Waals surface area (Å²) in [5.74, 6) is 0.928. The minimum atomic E-state index is 0.767. The summed E-state index contributed by atoms with van der Waals surface area (Å²) < 4.78 is 9.53. The Morgan fingerprint density at radius 2 is 2.07 bits per heavy atom. The molecule has 28 heavy (non-hydrogen) atoms. The molecular weight excluding hydrogens is 366 g/mol. The Hall–Kier alpha value is -2.37. The van der Waals surface area contributed by atoms with Crippen molar-refractivity contribution in [2.45, 2.75) is 25.8 Å². The fraction of sp³-hybridized carbons (Fsp3) is 0.348. The highest BCUT2D eigenvalue weighted by Crippen LogP contribution is 2.30. The summed E-state index contributed by atoms with van der Waals surface area (Å²) in [4.78, 5) is 6.95. The second-order valence-electron chi connectivity index (χ2n) is 7.57. The summed E-state index contributed by atoms with van der Waals surface area (Å²) in [6, 6.07) is 15.0. The highest BCUT2D eigenvalue weighted by Gasteiger charge is 2.22. The zero-order valence-electron chi connectivity index (χ0n) is 16.2. The van der Waals surface area contributed by atoms with E-state index in [1.165, 1.54) is 33.3 Å². The monoisotopic (exact) mass is 391 g/mol. The van der Waals surface area contributed by atoms with Crippen LogP contribution in [0.15, 0.2) is 48.0 Å². The van der Waals surface area contributed by atoms with Gasteiger partial charge in [0.2, 0.25) is 0 Å². The fourth-order valence-electron chi connectivity index (χ4n) is 4.33. The molecule has 0 saturated carbocycles. The van der Waals surface area contributed by atoms with Crippen LogP contribution in [0, 0.1) is 0 Å². The van der Waals surface area contributed by atoms with E-state index in [4.69, 9.17) is 4.74 Å². The molecular formula is C23H25N3OS. The number of rotatable bonds is 6. The molecule has 0 N–H and O–H groups in total. The molecule has 1 aliphatic rings. The number of benzene rings is 2. The third kappa shape index (κ3) is 3.29. The molecule has 4 nitrogen and oxygen atoms in total. The lowest BCUT2D eigenvalue weighted by molar-refractivity contribution is 0.234. The number of para-hydroxylation sites is 1. The van der Waals surface area contributed by atoms with Gasteiger partial charge in [-0.2, -0.15) is 0 Å². The molecule has 144 valence electrons. The van der Waals surface area contributed by atoms with Crippen LogP contribution in [0.3, 0.4) is 0 Å². The van der Waals surface area contributed by atoms with Crippen LogP contribution >= 0.6 is 11.3 Å². The Morgan fingerprint density at radius 1 is 1.14 bits per heavy atom. The molecule has 0 radical (unpaired) electrons. The third-order valence-electron chi connectivity index (χ3n) is 5.83. The number of ether oxygens (including phenoxy) is 1. The lowest BCUT2D eigenvalue weighted by Gasteiger charge is -2.27. The predicted molar refractivity (Wildman–Crippen MR) is 116 cm³/mol. The summed E-state index contributed by atoms with van der Waals surface area (Å²) in [6.45, 7) is 4.12. The fourth-order valence-corrected chi connectivity index (χ4v) is 4.99. The smallest absolute Gasteiger partial charge is 0.121 e. The van der Waals surface area contributed by atoms with Crippen LogP contribution in [0.1, 0.15) is 24.1 Å². The van der Waals surface area contributed by atoms with E-state index >= 15 is 0 Å². The first-order valence-corrected chi connectivity index (χ1v) is 10.9. The Morgan fingerprint density at radius 3 is 3.04 bits per heavy atom. The molecule has 5 rings (SSSR count). The van der Waals surface area contributed by atoms with Gasteiger partial charge in [0, 0.05) is 49.2 Å². The van der Waals surface area contributed by atoms with Crippen LogP contribution in [0.2, 0.25) is 0 Å². The molecule has 2 aromatic heterocycles. The molecule has 0 bridgehead atoms. The topological polar surface area (TPSA) is 30.3 Å². The molecule has 0 fully saturated rings. The van der Waals surface area contributed by atoms with Crippen LogP contribution in [0.4, 0.5) is 0 Å². The van der Waals surface area contributed by atoms with Gasteiger partial charge < -0.3 is 9.30 Å². The summed E-state index contributed by atoms with van der Waals surface area (Å²) in [7, 11) is 2.21. The normalized spacial score (nSPS) is 14.6. The maximum Gasteiger partial charge on any atom is 0.121 e. The van der Waals surface area contributed by atoms with E-state index in [-0.39, 0.29) is 0 Å². The molecule has 4 aromatic rings. The van der Waals surface area contributed by atoms with Crippen LogP contribution in [-0.4, -0.2) is 34.1 Å². The molecule has 0 saturated heterocycles. The molecule has 2 aromatic carbocycles. The van der Waals surface area contributed by atoms with Crippen molar-refractivity contribution in [2.24, 2.45) is 7.05 Å². The number of unbranched alkanes of at least 4 members (excludes halogenated alkanes) is 1. The Bertz CT molecular complexity index is 1110. The predicted octanol–water partition coefficient (Wildman–Crippen LogP) is 5.01. The average Bonchev–Trinajstić information content (AvgIpc) is 3.31. The maximum absolute atomic E-state index is 5.93. The van der Waals surface area contributed by atoms with E-state index in [1.807, 2.05) is 17.6 Å². The van der Waals surface area contributed by atoms with Gasteiger partial charge >= 0.3 is 0 Å². The average molecular weight is 392 g/mol. The zero-order valence-corrected chi connectivity index (χ0v) is 17.0. The van der Waals surface area contributed by atoms with E-state index < -0.39 is 0 Å². The van der Waals surface area contributed by atoms with Crippen LogP contribution < -0.4 is 4.74 Å². The van der Waals surface area contributed by atoms with E-state index in [9.17, 15) is 0 Å². The highest BCUT2D eigenvalue weighted by atomic mass is 32.1.